The summed E-state index contributed by atoms with van der Waals surface area (Å²) in [5.41, 5.74) is 0.274. The van der Waals surface area contributed by atoms with E-state index in [4.69, 9.17) is 0 Å². The monoisotopic (exact) mass is 212 g/mol. The van der Waals surface area contributed by atoms with Crippen LogP contribution in [-0.2, 0) is 4.79 Å². The van der Waals surface area contributed by atoms with Crippen LogP contribution in [0.5, 0.6) is 0 Å². The lowest BCUT2D eigenvalue weighted by Gasteiger charge is -2.41. The summed E-state index contributed by atoms with van der Waals surface area (Å²) < 4.78 is 0. The maximum Gasteiger partial charge on any atom is 0.136 e. The van der Waals surface area contributed by atoms with Crippen molar-refractivity contribution in [3.8, 4) is 0 Å². The van der Waals surface area contributed by atoms with Gasteiger partial charge in [0.2, 0.25) is 0 Å². The van der Waals surface area contributed by atoms with Crippen molar-refractivity contribution < 1.29 is 4.79 Å². The highest BCUT2D eigenvalue weighted by Gasteiger charge is 2.51. The smallest absolute Gasteiger partial charge is 0.136 e. The van der Waals surface area contributed by atoms with Gasteiger partial charge >= 0.3 is 0 Å². The van der Waals surface area contributed by atoms with Crippen LogP contribution in [-0.4, -0.2) is 11.0 Å². The van der Waals surface area contributed by atoms with E-state index in [1.54, 1.807) is 0 Å². The zero-order valence-corrected chi connectivity index (χ0v) is 10.0. The van der Waals surface area contributed by atoms with E-state index < -0.39 is 0 Å². The molecule has 2 saturated carbocycles. The Morgan fingerprint density at radius 2 is 2.21 bits per heavy atom. The fraction of sp³-hybridized carbons (Fsp3) is 0.917. The average Bonchev–Trinajstić information content (AvgIpc) is 2.43. The van der Waals surface area contributed by atoms with E-state index in [1.807, 2.05) is 0 Å². The number of carbonyl (C=O) groups is 1. The van der Waals surface area contributed by atoms with Gasteiger partial charge in [-0.2, -0.15) is 12.6 Å². The minimum absolute atomic E-state index is 0.274. The van der Waals surface area contributed by atoms with E-state index in [-0.39, 0.29) is 5.41 Å². The van der Waals surface area contributed by atoms with Crippen molar-refractivity contribution in [2.75, 3.05) is 0 Å². The Morgan fingerprint density at radius 1 is 1.50 bits per heavy atom. The highest BCUT2D eigenvalue weighted by Crippen LogP contribution is 2.55. The number of hydrogen-bond donors (Lipinski definition) is 1. The van der Waals surface area contributed by atoms with Crippen molar-refractivity contribution in [3.05, 3.63) is 0 Å². The predicted octanol–water partition coefficient (Wildman–Crippen LogP) is 3.09. The van der Waals surface area contributed by atoms with E-state index in [0.29, 0.717) is 22.9 Å². The molecule has 0 spiro atoms. The molecule has 0 amide bonds. The summed E-state index contributed by atoms with van der Waals surface area (Å²) in [5, 5.41) is 0.441. The van der Waals surface area contributed by atoms with Crippen LogP contribution in [0.3, 0.4) is 0 Å². The fourth-order valence-electron chi connectivity index (χ4n) is 3.76. The van der Waals surface area contributed by atoms with Gasteiger partial charge in [0.05, 0.1) is 0 Å². The first-order valence-corrected chi connectivity index (χ1v) is 6.28. The van der Waals surface area contributed by atoms with Gasteiger partial charge in [-0.25, -0.2) is 0 Å². The van der Waals surface area contributed by atoms with Crippen LogP contribution in [0.1, 0.15) is 46.0 Å². The molecule has 14 heavy (non-hydrogen) atoms. The third kappa shape index (κ3) is 1.42. The van der Waals surface area contributed by atoms with Gasteiger partial charge in [-0.15, -0.1) is 0 Å². The predicted molar refractivity (Wildman–Crippen MR) is 61.6 cm³/mol. The van der Waals surface area contributed by atoms with E-state index in [0.717, 1.165) is 19.3 Å². The summed E-state index contributed by atoms with van der Waals surface area (Å²) in [5.74, 6) is 1.53. The first-order valence-electron chi connectivity index (χ1n) is 5.76. The lowest BCUT2D eigenvalue weighted by Crippen LogP contribution is -2.39. The van der Waals surface area contributed by atoms with Crippen molar-refractivity contribution in [3.63, 3.8) is 0 Å². The SMILES string of the molecule is CC(S)C1CCC2C(=O)CCCC21C. The molecule has 2 heteroatoms. The molecule has 80 valence electrons. The molecular weight excluding hydrogens is 192 g/mol. The average molecular weight is 212 g/mol. The molecule has 1 nitrogen and oxygen atoms in total. The minimum Gasteiger partial charge on any atom is -0.299 e. The van der Waals surface area contributed by atoms with Gasteiger partial charge < -0.3 is 0 Å². The lowest BCUT2D eigenvalue weighted by atomic mass is 9.64. The summed E-state index contributed by atoms with van der Waals surface area (Å²) in [6.45, 7) is 4.50. The normalized spacial score (nSPS) is 44.9. The van der Waals surface area contributed by atoms with Crippen LogP contribution in [0.4, 0.5) is 0 Å². The van der Waals surface area contributed by atoms with Crippen LogP contribution in [0.15, 0.2) is 0 Å². The highest BCUT2D eigenvalue weighted by molar-refractivity contribution is 7.80. The lowest BCUT2D eigenvalue weighted by molar-refractivity contribution is -0.129. The van der Waals surface area contributed by atoms with Crippen molar-refractivity contribution in [2.45, 2.75) is 51.2 Å². The summed E-state index contributed by atoms with van der Waals surface area (Å²) in [7, 11) is 0. The number of ketones is 1. The minimum atomic E-state index is 0.274. The van der Waals surface area contributed by atoms with Gasteiger partial charge in [-0.1, -0.05) is 13.8 Å². The molecule has 0 aliphatic heterocycles. The Balaban J connectivity index is 2.24. The Bertz CT molecular complexity index is 249. The molecule has 0 saturated heterocycles. The molecule has 4 unspecified atom stereocenters. The number of hydrogen-bond acceptors (Lipinski definition) is 2. The molecular formula is C12H20OS. The van der Waals surface area contributed by atoms with E-state index in [1.165, 1.54) is 12.8 Å². The molecule has 2 aliphatic rings. The second-order valence-electron chi connectivity index (χ2n) is 5.30. The third-order valence-corrected chi connectivity index (χ3v) is 4.88. The van der Waals surface area contributed by atoms with Crippen molar-refractivity contribution in [1.29, 1.82) is 0 Å². The van der Waals surface area contributed by atoms with Crippen molar-refractivity contribution in [1.82, 2.24) is 0 Å². The zero-order chi connectivity index (χ0) is 10.3. The summed E-state index contributed by atoms with van der Waals surface area (Å²) in [6.07, 6.45) is 5.48. The van der Waals surface area contributed by atoms with Gasteiger partial charge in [-0.05, 0) is 37.0 Å². The summed E-state index contributed by atoms with van der Waals surface area (Å²) in [4.78, 5) is 11.8. The van der Waals surface area contributed by atoms with Crippen LogP contribution in [0.2, 0.25) is 0 Å². The molecule has 0 aromatic carbocycles. The molecule has 2 aliphatic carbocycles. The van der Waals surface area contributed by atoms with E-state index in [2.05, 4.69) is 26.5 Å². The van der Waals surface area contributed by atoms with Gasteiger partial charge in [0.25, 0.3) is 0 Å². The number of carbonyl (C=O) groups excluding carboxylic acids is 1. The molecule has 4 atom stereocenters. The number of Topliss-reactive ketones (excluding diaryl/α,β-unsaturated/α-hetero) is 1. The number of fused-ring (bicyclic) bond motifs is 1. The van der Waals surface area contributed by atoms with Crippen molar-refractivity contribution in [2.24, 2.45) is 17.3 Å². The number of thiol groups is 1. The second-order valence-corrected chi connectivity index (χ2v) is 6.12. The molecule has 0 radical (unpaired) electrons. The second kappa shape index (κ2) is 3.55. The van der Waals surface area contributed by atoms with Crippen LogP contribution >= 0.6 is 12.6 Å². The molecule has 0 aromatic heterocycles. The maximum atomic E-state index is 11.8. The molecule has 0 heterocycles. The largest absolute Gasteiger partial charge is 0.299 e. The van der Waals surface area contributed by atoms with Crippen LogP contribution in [0.25, 0.3) is 0 Å². The Morgan fingerprint density at radius 3 is 2.86 bits per heavy atom. The summed E-state index contributed by atoms with van der Waals surface area (Å²) in [6, 6.07) is 0. The first-order chi connectivity index (χ1) is 6.55. The maximum absolute atomic E-state index is 11.8. The topological polar surface area (TPSA) is 17.1 Å². The third-order valence-electron chi connectivity index (χ3n) is 4.52. The molecule has 2 fully saturated rings. The zero-order valence-electron chi connectivity index (χ0n) is 9.12. The van der Waals surface area contributed by atoms with Gasteiger partial charge in [0.15, 0.2) is 0 Å². The van der Waals surface area contributed by atoms with Crippen molar-refractivity contribution >= 4 is 18.4 Å². The Hall–Kier alpha value is 0.0200. The van der Waals surface area contributed by atoms with Gasteiger partial charge in [0, 0.05) is 17.6 Å². The van der Waals surface area contributed by atoms with E-state index >= 15 is 0 Å². The van der Waals surface area contributed by atoms with Crippen LogP contribution < -0.4 is 0 Å². The molecule has 2 rings (SSSR count). The molecule has 0 bridgehead atoms. The highest BCUT2D eigenvalue weighted by atomic mass is 32.1. The molecule has 0 aromatic rings. The van der Waals surface area contributed by atoms with Crippen LogP contribution in [0, 0.1) is 17.3 Å². The number of rotatable bonds is 1. The standard InChI is InChI=1S/C12H20OS/c1-8(14)9-5-6-10-11(13)4-3-7-12(9,10)2/h8-10,14H,3-7H2,1-2H3. The first kappa shape index (κ1) is 10.5. The quantitative estimate of drug-likeness (QED) is 0.661. The Labute approximate surface area is 92.1 Å². The van der Waals surface area contributed by atoms with Gasteiger partial charge in [0.1, 0.15) is 5.78 Å². The Kier molecular flexibility index (Phi) is 2.67. The molecule has 0 N–H and O–H groups in total. The van der Waals surface area contributed by atoms with Gasteiger partial charge in [-0.3, -0.25) is 4.79 Å². The van der Waals surface area contributed by atoms with E-state index in [9.17, 15) is 4.79 Å². The fourth-order valence-corrected chi connectivity index (χ4v) is 4.25. The summed E-state index contributed by atoms with van der Waals surface area (Å²) >= 11 is 4.58.